The van der Waals surface area contributed by atoms with Gasteiger partial charge in [0.05, 0.1) is 0 Å². The van der Waals surface area contributed by atoms with Crippen LogP contribution in [0.2, 0.25) is 0 Å². The number of hydrogen-bond donors (Lipinski definition) is 4. The van der Waals surface area contributed by atoms with E-state index >= 15 is 0 Å². The summed E-state index contributed by atoms with van der Waals surface area (Å²) in [5, 5.41) is 31.8. The van der Waals surface area contributed by atoms with Crippen LogP contribution in [0.25, 0.3) is 0 Å². The molecule has 0 aliphatic heterocycles. The molecule has 0 aliphatic rings. The lowest BCUT2D eigenvalue weighted by atomic mass is 10.0. The fourth-order valence-corrected chi connectivity index (χ4v) is 1.99. The molecule has 4 N–H and O–H groups in total. The lowest BCUT2D eigenvalue weighted by Crippen LogP contribution is -2.53. The quantitative estimate of drug-likeness (QED) is 0.204. The number of carbonyl (C=O) groups excluding carboxylic acids is 3. The van der Waals surface area contributed by atoms with Crippen molar-refractivity contribution < 1.29 is 34.4 Å². The van der Waals surface area contributed by atoms with E-state index in [-0.39, 0.29) is 19.1 Å². The van der Waals surface area contributed by atoms with Gasteiger partial charge in [-0.05, 0) is 12.8 Å². The highest BCUT2D eigenvalue weighted by molar-refractivity contribution is 5.79. The number of esters is 1. The maximum absolute atomic E-state index is 11.5. The van der Waals surface area contributed by atoms with E-state index in [1.54, 1.807) is 6.92 Å². The molecule has 4 atom stereocenters. The van der Waals surface area contributed by atoms with Crippen molar-refractivity contribution in [3.63, 3.8) is 0 Å². The smallest absolute Gasteiger partial charge is 0.305 e. The lowest BCUT2D eigenvalue weighted by molar-refractivity contribution is -0.153. The van der Waals surface area contributed by atoms with Gasteiger partial charge in [-0.15, -0.1) is 0 Å². The maximum Gasteiger partial charge on any atom is 0.305 e. The number of nitrogens with one attached hydrogen (secondary N) is 1. The third kappa shape index (κ3) is 8.95. The van der Waals surface area contributed by atoms with Crippen molar-refractivity contribution in [1.82, 2.24) is 5.32 Å². The van der Waals surface area contributed by atoms with Gasteiger partial charge in [-0.2, -0.15) is 0 Å². The minimum Gasteiger partial charge on any atom is -0.463 e. The van der Waals surface area contributed by atoms with Gasteiger partial charge in [-0.25, -0.2) is 0 Å². The van der Waals surface area contributed by atoms with Gasteiger partial charge in [0.1, 0.15) is 37.2 Å². The minimum atomic E-state index is -1.74. The van der Waals surface area contributed by atoms with E-state index in [2.05, 4.69) is 5.32 Å². The molecule has 0 aromatic heterocycles. The van der Waals surface area contributed by atoms with Crippen LogP contribution in [-0.2, 0) is 19.1 Å². The second kappa shape index (κ2) is 12.9. The van der Waals surface area contributed by atoms with Crippen molar-refractivity contribution in [2.75, 3.05) is 6.61 Å². The van der Waals surface area contributed by atoms with E-state index in [1.807, 2.05) is 6.92 Å². The van der Waals surface area contributed by atoms with Crippen molar-refractivity contribution >= 4 is 18.2 Å². The number of carbonyl (C=O) groups is 3. The van der Waals surface area contributed by atoms with Gasteiger partial charge in [-0.3, -0.25) is 9.59 Å². The number of aliphatic hydroxyl groups is 3. The Morgan fingerprint density at radius 2 is 1.71 bits per heavy atom. The average molecular weight is 347 g/mol. The highest BCUT2D eigenvalue weighted by atomic mass is 16.5. The van der Waals surface area contributed by atoms with Gasteiger partial charge in [0.15, 0.2) is 0 Å². The zero-order valence-electron chi connectivity index (χ0n) is 14.3. The largest absolute Gasteiger partial charge is 0.463 e. The van der Waals surface area contributed by atoms with Crippen LogP contribution in [0.15, 0.2) is 0 Å². The standard InChI is InChI=1S/C16H29NO7/c1-3-5-6-8-14(21)24-10-12(19)16(23)15(22)11(9-18)17-13(20)7-4-2/h9,11-12,15-16,19,22-23H,3-8,10H2,1-2H3,(H,17,20)/t11-,12+,15+,16+/m0/s1. The molecule has 8 nitrogen and oxygen atoms in total. The van der Waals surface area contributed by atoms with E-state index in [9.17, 15) is 29.7 Å². The van der Waals surface area contributed by atoms with Crippen LogP contribution in [0.5, 0.6) is 0 Å². The molecule has 0 unspecified atom stereocenters. The second-order valence-corrected chi connectivity index (χ2v) is 5.67. The van der Waals surface area contributed by atoms with E-state index < -0.39 is 42.8 Å². The van der Waals surface area contributed by atoms with E-state index in [0.29, 0.717) is 12.8 Å². The molecule has 0 saturated carbocycles. The Labute approximate surface area is 142 Å². The van der Waals surface area contributed by atoms with Gasteiger partial charge >= 0.3 is 5.97 Å². The number of hydrogen-bond acceptors (Lipinski definition) is 7. The summed E-state index contributed by atoms with van der Waals surface area (Å²) in [4.78, 5) is 33.9. The van der Waals surface area contributed by atoms with Crippen LogP contribution in [0.1, 0.15) is 52.4 Å². The first-order valence-electron chi connectivity index (χ1n) is 8.31. The Kier molecular flexibility index (Phi) is 12.0. The van der Waals surface area contributed by atoms with Crippen LogP contribution >= 0.6 is 0 Å². The summed E-state index contributed by atoms with van der Waals surface area (Å²) < 4.78 is 4.82. The lowest BCUT2D eigenvalue weighted by Gasteiger charge is -2.26. The molecule has 0 aliphatic carbocycles. The van der Waals surface area contributed by atoms with Gasteiger partial charge < -0.3 is 30.2 Å². The minimum absolute atomic E-state index is 0.172. The highest BCUT2D eigenvalue weighted by Crippen LogP contribution is 2.07. The number of rotatable bonds is 13. The fraction of sp³-hybridized carbons (Fsp3) is 0.812. The van der Waals surface area contributed by atoms with Crippen LogP contribution in [0, 0.1) is 0 Å². The molecule has 24 heavy (non-hydrogen) atoms. The van der Waals surface area contributed by atoms with E-state index in [0.717, 1.165) is 12.8 Å². The summed E-state index contributed by atoms with van der Waals surface area (Å²) in [7, 11) is 0. The van der Waals surface area contributed by atoms with Gasteiger partial charge in [0.25, 0.3) is 0 Å². The second-order valence-electron chi connectivity index (χ2n) is 5.67. The molecule has 0 bridgehead atoms. The van der Waals surface area contributed by atoms with Gasteiger partial charge in [0.2, 0.25) is 5.91 Å². The number of aldehydes is 1. The SMILES string of the molecule is CCCCCC(=O)OC[C@@H](O)[C@@H](O)[C@H](O)[C@H](C=O)NC(=O)CCC. The molecule has 0 rings (SSSR count). The third-order valence-electron chi connectivity index (χ3n) is 3.46. The molecule has 0 radical (unpaired) electrons. The van der Waals surface area contributed by atoms with Crippen LogP contribution in [0.3, 0.4) is 0 Å². The molecule has 0 saturated heterocycles. The summed E-state index contributed by atoms with van der Waals surface area (Å²) in [5.74, 6) is -0.954. The zero-order valence-corrected chi connectivity index (χ0v) is 14.3. The molecule has 0 spiro atoms. The van der Waals surface area contributed by atoms with Crippen LogP contribution in [-0.4, -0.2) is 64.4 Å². The van der Waals surface area contributed by atoms with Crippen LogP contribution in [0.4, 0.5) is 0 Å². The molecule has 8 heteroatoms. The van der Waals surface area contributed by atoms with Crippen molar-refractivity contribution in [3.8, 4) is 0 Å². The predicted octanol–water partition coefficient (Wildman–Crippen LogP) is -0.324. The van der Waals surface area contributed by atoms with Crippen molar-refractivity contribution in [3.05, 3.63) is 0 Å². The molecule has 0 aromatic carbocycles. The Bertz CT molecular complexity index is 389. The summed E-state index contributed by atoms with van der Waals surface area (Å²) in [6.45, 7) is 3.27. The van der Waals surface area contributed by atoms with E-state index in [1.165, 1.54) is 0 Å². The van der Waals surface area contributed by atoms with Crippen molar-refractivity contribution in [2.45, 2.75) is 76.7 Å². The van der Waals surface area contributed by atoms with Gasteiger partial charge in [0, 0.05) is 12.8 Å². The number of amides is 1. The number of unbranched alkanes of at least 4 members (excludes halogenated alkanes) is 2. The van der Waals surface area contributed by atoms with Crippen LogP contribution < -0.4 is 5.32 Å². The number of ether oxygens (including phenoxy) is 1. The molecule has 0 fully saturated rings. The Hall–Kier alpha value is -1.51. The monoisotopic (exact) mass is 347 g/mol. The average Bonchev–Trinajstić information content (AvgIpc) is 2.56. The summed E-state index contributed by atoms with van der Waals surface area (Å²) in [6.07, 6.45) is -1.28. The highest BCUT2D eigenvalue weighted by Gasteiger charge is 2.32. The first kappa shape index (κ1) is 22.5. The Balaban J connectivity index is 4.36. The van der Waals surface area contributed by atoms with Gasteiger partial charge in [-0.1, -0.05) is 26.7 Å². The summed E-state index contributed by atoms with van der Waals surface area (Å²) >= 11 is 0. The van der Waals surface area contributed by atoms with E-state index in [4.69, 9.17) is 4.74 Å². The van der Waals surface area contributed by atoms with Crippen molar-refractivity contribution in [2.24, 2.45) is 0 Å². The maximum atomic E-state index is 11.5. The predicted molar refractivity (Wildman–Crippen MR) is 86.0 cm³/mol. The normalized spacial score (nSPS) is 15.9. The first-order valence-corrected chi connectivity index (χ1v) is 8.31. The molecule has 140 valence electrons. The zero-order chi connectivity index (χ0) is 18.5. The summed E-state index contributed by atoms with van der Waals surface area (Å²) in [5.41, 5.74) is 0. The first-order chi connectivity index (χ1) is 11.4. The molecule has 0 heterocycles. The molecular formula is C16H29NO7. The molecular weight excluding hydrogens is 318 g/mol. The third-order valence-corrected chi connectivity index (χ3v) is 3.46. The fourth-order valence-electron chi connectivity index (χ4n) is 1.99. The molecule has 0 aromatic rings. The summed E-state index contributed by atoms with van der Waals surface area (Å²) in [6, 6.07) is -1.35. The Morgan fingerprint density at radius 1 is 1.04 bits per heavy atom. The topological polar surface area (TPSA) is 133 Å². The molecule has 1 amide bonds. The number of aliphatic hydroxyl groups excluding tert-OH is 3. The Morgan fingerprint density at radius 3 is 2.25 bits per heavy atom. The van der Waals surface area contributed by atoms with Crippen molar-refractivity contribution in [1.29, 1.82) is 0 Å².